The van der Waals surface area contributed by atoms with Gasteiger partial charge in [-0.15, -0.1) is 0 Å². The van der Waals surface area contributed by atoms with Crippen LogP contribution in [0.3, 0.4) is 0 Å². The van der Waals surface area contributed by atoms with Crippen molar-refractivity contribution in [1.29, 1.82) is 0 Å². The molecule has 1 unspecified atom stereocenters. The van der Waals surface area contributed by atoms with Crippen LogP contribution in [0.1, 0.15) is 44.9 Å². The van der Waals surface area contributed by atoms with E-state index in [0.717, 1.165) is 12.2 Å². The molecule has 0 aromatic heterocycles. The van der Waals surface area contributed by atoms with Crippen molar-refractivity contribution < 1.29 is 14.7 Å². The first-order valence-corrected chi connectivity index (χ1v) is 8.44. The molecule has 0 bridgehead atoms. The number of thioether (sulfide) groups is 1. The van der Waals surface area contributed by atoms with E-state index in [1.165, 1.54) is 32.1 Å². The van der Waals surface area contributed by atoms with Crippen LogP contribution in [-0.4, -0.2) is 46.0 Å². The number of amides is 1. The SMILES string of the molecule is O=C(O)C1CSCCN1C(=O)CCC1CCCCC1. The van der Waals surface area contributed by atoms with Gasteiger partial charge in [0.2, 0.25) is 5.91 Å². The summed E-state index contributed by atoms with van der Waals surface area (Å²) >= 11 is 1.62. The van der Waals surface area contributed by atoms with E-state index in [1.807, 2.05) is 0 Å². The lowest BCUT2D eigenvalue weighted by Gasteiger charge is -2.33. The van der Waals surface area contributed by atoms with Crippen molar-refractivity contribution in [3.8, 4) is 0 Å². The summed E-state index contributed by atoms with van der Waals surface area (Å²) in [6.07, 6.45) is 7.85. The molecule has 0 radical (unpaired) electrons. The maximum Gasteiger partial charge on any atom is 0.327 e. The topological polar surface area (TPSA) is 57.6 Å². The summed E-state index contributed by atoms with van der Waals surface area (Å²) in [6, 6.07) is -0.613. The van der Waals surface area contributed by atoms with Gasteiger partial charge in [-0.2, -0.15) is 11.8 Å². The Hall–Kier alpha value is -0.710. The maximum absolute atomic E-state index is 12.2. The highest BCUT2D eigenvalue weighted by Crippen LogP contribution is 2.28. The number of carboxylic acid groups (broad SMARTS) is 1. The molecule has 5 heteroatoms. The Balaban J connectivity index is 1.81. The van der Waals surface area contributed by atoms with Crippen LogP contribution in [0.5, 0.6) is 0 Å². The van der Waals surface area contributed by atoms with Gasteiger partial charge in [0.05, 0.1) is 0 Å². The Bertz CT molecular complexity index is 329. The zero-order valence-electron chi connectivity index (χ0n) is 11.3. The Kier molecular flexibility index (Phi) is 5.55. The highest BCUT2D eigenvalue weighted by atomic mass is 32.2. The molecule has 1 N–H and O–H groups in total. The average molecular weight is 285 g/mol. The quantitative estimate of drug-likeness (QED) is 0.861. The standard InChI is InChI=1S/C14H23NO3S/c16-13(7-6-11-4-2-1-3-5-11)15-8-9-19-10-12(15)14(17)18/h11-12H,1-10H2,(H,17,18). The Morgan fingerprint density at radius 2 is 1.95 bits per heavy atom. The van der Waals surface area contributed by atoms with E-state index in [0.29, 0.717) is 24.6 Å². The number of hydrogen-bond donors (Lipinski definition) is 1. The molecule has 2 fully saturated rings. The Morgan fingerprint density at radius 3 is 2.63 bits per heavy atom. The number of carbonyl (C=O) groups is 2. The van der Waals surface area contributed by atoms with Gasteiger partial charge in [-0.25, -0.2) is 4.79 Å². The van der Waals surface area contributed by atoms with Crippen LogP contribution in [0, 0.1) is 5.92 Å². The Morgan fingerprint density at radius 1 is 1.21 bits per heavy atom. The minimum Gasteiger partial charge on any atom is -0.480 e. The lowest BCUT2D eigenvalue weighted by molar-refractivity contribution is -0.149. The summed E-state index contributed by atoms with van der Waals surface area (Å²) in [5.74, 6) is 1.25. The Labute approximate surface area is 118 Å². The van der Waals surface area contributed by atoms with Crippen LogP contribution >= 0.6 is 11.8 Å². The summed E-state index contributed by atoms with van der Waals surface area (Å²) in [5.41, 5.74) is 0. The first kappa shape index (κ1) is 14.7. The van der Waals surface area contributed by atoms with E-state index in [9.17, 15) is 9.59 Å². The summed E-state index contributed by atoms with van der Waals surface area (Å²) in [7, 11) is 0. The van der Waals surface area contributed by atoms with Crippen molar-refractivity contribution in [2.75, 3.05) is 18.1 Å². The molecule has 4 nitrogen and oxygen atoms in total. The summed E-state index contributed by atoms with van der Waals surface area (Å²) in [6.45, 7) is 0.588. The lowest BCUT2D eigenvalue weighted by Crippen LogP contribution is -2.50. The first-order chi connectivity index (χ1) is 9.18. The summed E-state index contributed by atoms with van der Waals surface area (Å²) in [5, 5.41) is 9.17. The summed E-state index contributed by atoms with van der Waals surface area (Å²) < 4.78 is 0. The monoisotopic (exact) mass is 285 g/mol. The molecule has 1 amide bonds. The largest absolute Gasteiger partial charge is 0.480 e. The molecule has 0 aromatic carbocycles. The van der Waals surface area contributed by atoms with Gasteiger partial charge in [-0.3, -0.25) is 4.79 Å². The van der Waals surface area contributed by atoms with Crippen LogP contribution in [0.4, 0.5) is 0 Å². The fourth-order valence-corrected chi connectivity index (χ4v) is 4.09. The van der Waals surface area contributed by atoms with E-state index < -0.39 is 12.0 Å². The van der Waals surface area contributed by atoms with Gasteiger partial charge in [0.25, 0.3) is 0 Å². The smallest absolute Gasteiger partial charge is 0.327 e. The third kappa shape index (κ3) is 4.13. The molecule has 1 atom stereocenters. The van der Waals surface area contributed by atoms with Crippen LogP contribution in [0.15, 0.2) is 0 Å². The molecule has 0 spiro atoms. The van der Waals surface area contributed by atoms with Gasteiger partial charge in [-0.05, 0) is 12.3 Å². The second-order valence-electron chi connectivity index (χ2n) is 5.56. The zero-order valence-corrected chi connectivity index (χ0v) is 12.2. The van der Waals surface area contributed by atoms with Crippen molar-refractivity contribution in [3.63, 3.8) is 0 Å². The van der Waals surface area contributed by atoms with E-state index in [2.05, 4.69) is 0 Å². The number of rotatable bonds is 4. The van der Waals surface area contributed by atoms with E-state index in [-0.39, 0.29) is 5.91 Å². The minimum atomic E-state index is -0.863. The predicted molar refractivity (Wildman–Crippen MR) is 76.3 cm³/mol. The van der Waals surface area contributed by atoms with Crippen molar-refractivity contribution in [3.05, 3.63) is 0 Å². The molecule has 1 saturated carbocycles. The number of hydrogen-bond acceptors (Lipinski definition) is 3. The number of carbonyl (C=O) groups excluding carboxylic acids is 1. The second-order valence-corrected chi connectivity index (χ2v) is 6.71. The summed E-state index contributed by atoms with van der Waals surface area (Å²) in [4.78, 5) is 25.0. The molecule has 1 aliphatic carbocycles. The van der Waals surface area contributed by atoms with E-state index in [1.54, 1.807) is 16.7 Å². The molecule has 108 valence electrons. The normalized spacial score (nSPS) is 25.3. The van der Waals surface area contributed by atoms with Crippen LogP contribution in [-0.2, 0) is 9.59 Å². The fraction of sp³-hybridized carbons (Fsp3) is 0.857. The molecule has 1 aliphatic heterocycles. The van der Waals surface area contributed by atoms with Crippen LogP contribution < -0.4 is 0 Å². The second kappa shape index (κ2) is 7.17. The molecular formula is C14H23NO3S. The van der Waals surface area contributed by atoms with Crippen molar-refractivity contribution in [2.45, 2.75) is 51.0 Å². The molecule has 2 aliphatic rings. The zero-order chi connectivity index (χ0) is 13.7. The number of nitrogens with zero attached hydrogens (tertiary/aromatic N) is 1. The molecule has 19 heavy (non-hydrogen) atoms. The lowest BCUT2D eigenvalue weighted by atomic mass is 9.86. The highest BCUT2D eigenvalue weighted by molar-refractivity contribution is 7.99. The fourth-order valence-electron chi connectivity index (χ4n) is 3.05. The number of aliphatic carboxylic acids is 1. The molecular weight excluding hydrogens is 262 g/mol. The first-order valence-electron chi connectivity index (χ1n) is 7.28. The van der Waals surface area contributed by atoms with Gasteiger partial charge >= 0.3 is 5.97 Å². The highest BCUT2D eigenvalue weighted by Gasteiger charge is 2.32. The van der Waals surface area contributed by atoms with Gasteiger partial charge in [0.1, 0.15) is 6.04 Å². The van der Waals surface area contributed by atoms with E-state index >= 15 is 0 Å². The molecule has 1 heterocycles. The molecule has 1 saturated heterocycles. The van der Waals surface area contributed by atoms with Crippen LogP contribution in [0.25, 0.3) is 0 Å². The third-order valence-corrected chi connectivity index (χ3v) is 5.25. The van der Waals surface area contributed by atoms with Gasteiger partial charge in [-0.1, -0.05) is 32.1 Å². The third-order valence-electron chi connectivity index (χ3n) is 4.23. The van der Waals surface area contributed by atoms with Gasteiger partial charge < -0.3 is 10.0 Å². The van der Waals surface area contributed by atoms with Gasteiger partial charge in [0, 0.05) is 24.5 Å². The number of carboxylic acids is 1. The van der Waals surface area contributed by atoms with Gasteiger partial charge in [0.15, 0.2) is 0 Å². The van der Waals surface area contributed by atoms with Crippen molar-refractivity contribution in [1.82, 2.24) is 4.90 Å². The van der Waals surface area contributed by atoms with E-state index in [4.69, 9.17) is 5.11 Å². The van der Waals surface area contributed by atoms with Crippen molar-refractivity contribution in [2.24, 2.45) is 5.92 Å². The molecule has 0 aromatic rings. The minimum absolute atomic E-state index is 0.0401. The van der Waals surface area contributed by atoms with Crippen LogP contribution in [0.2, 0.25) is 0 Å². The average Bonchev–Trinajstić information content (AvgIpc) is 2.46. The van der Waals surface area contributed by atoms with Crippen molar-refractivity contribution >= 4 is 23.6 Å². The predicted octanol–water partition coefficient (Wildman–Crippen LogP) is 2.38. The maximum atomic E-state index is 12.2. The molecule has 2 rings (SSSR count).